The van der Waals surface area contributed by atoms with E-state index < -0.39 is 0 Å². The minimum Gasteiger partial charge on any atom is -0.484 e. The Morgan fingerprint density at radius 2 is 1.95 bits per heavy atom. The molecular formula is C14H11ClINO2. The largest absolute Gasteiger partial charge is 0.484 e. The fourth-order valence-electron chi connectivity index (χ4n) is 1.44. The number of hydrogen-bond acceptors (Lipinski definition) is 2. The smallest absolute Gasteiger partial charge is 0.262 e. The molecule has 0 saturated heterocycles. The molecule has 19 heavy (non-hydrogen) atoms. The third kappa shape index (κ3) is 4.72. The van der Waals surface area contributed by atoms with Gasteiger partial charge in [0.15, 0.2) is 6.61 Å². The van der Waals surface area contributed by atoms with Gasteiger partial charge in [-0.3, -0.25) is 4.79 Å². The molecule has 98 valence electrons. The van der Waals surface area contributed by atoms with E-state index in [1.807, 2.05) is 24.3 Å². The van der Waals surface area contributed by atoms with Crippen molar-refractivity contribution in [3.8, 4) is 5.75 Å². The van der Waals surface area contributed by atoms with Crippen LogP contribution in [0.2, 0.25) is 5.02 Å². The number of ether oxygens (including phenoxy) is 1. The van der Waals surface area contributed by atoms with E-state index in [1.165, 1.54) is 0 Å². The van der Waals surface area contributed by atoms with Crippen molar-refractivity contribution in [3.05, 3.63) is 57.1 Å². The first-order valence-electron chi connectivity index (χ1n) is 5.57. The highest BCUT2D eigenvalue weighted by molar-refractivity contribution is 14.1. The van der Waals surface area contributed by atoms with Crippen LogP contribution in [0.5, 0.6) is 5.75 Å². The average Bonchev–Trinajstić information content (AvgIpc) is 2.38. The van der Waals surface area contributed by atoms with E-state index in [0.29, 0.717) is 16.5 Å². The van der Waals surface area contributed by atoms with Crippen LogP contribution in [0.25, 0.3) is 0 Å². The molecular weight excluding hydrogens is 377 g/mol. The number of hydrogen-bond donors (Lipinski definition) is 1. The summed E-state index contributed by atoms with van der Waals surface area (Å²) in [6.07, 6.45) is 0. The van der Waals surface area contributed by atoms with E-state index in [0.717, 1.165) is 3.57 Å². The first-order chi connectivity index (χ1) is 9.13. The van der Waals surface area contributed by atoms with Gasteiger partial charge in [0.25, 0.3) is 5.91 Å². The van der Waals surface area contributed by atoms with Crippen LogP contribution in [-0.4, -0.2) is 12.5 Å². The quantitative estimate of drug-likeness (QED) is 0.807. The highest BCUT2D eigenvalue weighted by Crippen LogP contribution is 2.15. The molecule has 0 aliphatic heterocycles. The molecule has 2 rings (SSSR count). The Morgan fingerprint density at radius 3 is 2.63 bits per heavy atom. The Balaban J connectivity index is 1.86. The number of halogens is 2. The molecule has 2 aromatic rings. The van der Waals surface area contributed by atoms with Crippen LogP contribution in [0.1, 0.15) is 0 Å². The van der Waals surface area contributed by atoms with Crippen LogP contribution in [0.3, 0.4) is 0 Å². The van der Waals surface area contributed by atoms with Crippen molar-refractivity contribution in [3.63, 3.8) is 0 Å². The summed E-state index contributed by atoms with van der Waals surface area (Å²) in [6, 6.07) is 14.5. The minimum atomic E-state index is -0.221. The summed E-state index contributed by atoms with van der Waals surface area (Å²) in [5.41, 5.74) is 0.656. The van der Waals surface area contributed by atoms with E-state index in [-0.39, 0.29) is 12.5 Å². The molecule has 2 aromatic carbocycles. The van der Waals surface area contributed by atoms with E-state index in [9.17, 15) is 4.79 Å². The van der Waals surface area contributed by atoms with Gasteiger partial charge in [-0.2, -0.15) is 0 Å². The van der Waals surface area contributed by atoms with Crippen molar-refractivity contribution in [1.82, 2.24) is 0 Å². The van der Waals surface area contributed by atoms with Crippen LogP contribution in [0.15, 0.2) is 48.5 Å². The first kappa shape index (κ1) is 14.1. The number of benzene rings is 2. The lowest BCUT2D eigenvalue weighted by Crippen LogP contribution is -2.20. The summed E-state index contributed by atoms with van der Waals surface area (Å²) in [6.45, 7) is -0.0346. The second-order valence-corrected chi connectivity index (χ2v) is 5.48. The Kier molecular flexibility index (Phi) is 5.04. The zero-order chi connectivity index (χ0) is 13.7. The zero-order valence-corrected chi connectivity index (χ0v) is 12.8. The fourth-order valence-corrected chi connectivity index (χ4v) is 1.99. The first-order valence-corrected chi connectivity index (χ1v) is 7.03. The van der Waals surface area contributed by atoms with Gasteiger partial charge in [0.1, 0.15) is 5.75 Å². The van der Waals surface area contributed by atoms with E-state index in [1.54, 1.807) is 24.3 Å². The molecule has 1 amide bonds. The maximum absolute atomic E-state index is 11.7. The predicted octanol–water partition coefficient (Wildman–Crippen LogP) is 3.96. The average molecular weight is 388 g/mol. The van der Waals surface area contributed by atoms with Gasteiger partial charge in [-0.15, -0.1) is 0 Å². The molecule has 0 spiro atoms. The lowest BCUT2D eigenvalue weighted by Gasteiger charge is -2.07. The molecule has 0 bridgehead atoms. The summed E-state index contributed by atoms with van der Waals surface area (Å²) in [5, 5.41) is 3.29. The lowest BCUT2D eigenvalue weighted by molar-refractivity contribution is -0.118. The second kappa shape index (κ2) is 6.77. The summed E-state index contributed by atoms with van der Waals surface area (Å²) < 4.78 is 6.50. The molecule has 0 heterocycles. The third-order valence-electron chi connectivity index (χ3n) is 2.29. The van der Waals surface area contributed by atoms with Gasteiger partial charge in [-0.05, 0) is 65.1 Å². The van der Waals surface area contributed by atoms with E-state index >= 15 is 0 Å². The molecule has 0 unspecified atom stereocenters. The van der Waals surface area contributed by atoms with Crippen molar-refractivity contribution in [1.29, 1.82) is 0 Å². The van der Waals surface area contributed by atoms with Gasteiger partial charge in [-0.1, -0.05) is 17.7 Å². The molecule has 0 radical (unpaired) electrons. The van der Waals surface area contributed by atoms with Crippen LogP contribution in [0.4, 0.5) is 5.69 Å². The molecule has 0 fully saturated rings. The number of anilines is 1. The van der Waals surface area contributed by atoms with Gasteiger partial charge >= 0.3 is 0 Å². The fraction of sp³-hybridized carbons (Fsp3) is 0.0714. The van der Waals surface area contributed by atoms with Gasteiger partial charge in [0, 0.05) is 14.3 Å². The van der Waals surface area contributed by atoms with Crippen LogP contribution in [0, 0.1) is 3.57 Å². The monoisotopic (exact) mass is 387 g/mol. The molecule has 0 saturated carbocycles. The van der Waals surface area contributed by atoms with E-state index in [2.05, 4.69) is 27.9 Å². The number of carbonyl (C=O) groups excluding carboxylic acids is 1. The maximum Gasteiger partial charge on any atom is 0.262 e. The van der Waals surface area contributed by atoms with Crippen LogP contribution in [-0.2, 0) is 4.79 Å². The maximum atomic E-state index is 11.7. The van der Waals surface area contributed by atoms with Crippen molar-refractivity contribution < 1.29 is 9.53 Å². The van der Waals surface area contributed by atoms with Gasteiger partial charge < -0.3 is 10.1 Å². The highest BCUT2D eigenvalue weighted by Gasteiger charge is 2.04. The summed E-state index contributed by atoms with van der Waals surface area (Å²) in [7, 11) is 0. The van der Waals surface area contributed by atoms with E-state index in [4.69, 9.17) is 16.3 Å². The van der Waals surface area contributed by atoms with Crippen molar-refractivity contribution in [2.75, 3.05) is 11.9 Å². The molecule has 1 N–H and O–H groups in total. The van der Waals surface area contributed by atoms with Crippen LogP contribution >= 0.6 is 34.2 Å². The Hall–Kier alpha value is -1.27. The van der Waals surface area contributed by atoms with Crippen molar-refractivity contribution in [2.45, 2.75) is 0 Å². The Bertz CT molecular complexity index is 572. The normalized spacial score (nSPS) is 10.0. The topological polar surface area (TPSA) is 38.3 Å². The SMILES string of the molecule is O=C(COc1ccc(I)cc1)Nc1cccc(Cl)c1. The van der Waals surface area contributed by atoms with Crippen LogP contribution < -0.4 is 10.1 Å². The van der Waals surface area contributed by atoms with Gasteiger partial charge in [0.05, 0.1) is 0 Å². The standard InChI is InChI=1S/C14H11ClINO2/c15-10-2-1-3-12(8-10)17-14(18)9-19-13-6-4-11(16)5-7-13/h1-8H,9H2,(H,17,18). The molecule has 0 aromatic heterocycles. The molecule has 0 aliphatic rings. The Morgan fingerprint density at radius 1 is 1.21 bits per heavy atom. The molecule has 0 aliphatic carbocycles. The molecule has 0 atom stereocenters. The third-order valence-corrected chi connectivity index (χ3v) is 3.25. The van der Waals surface area contributed by atoms with Gasteiger partial charge in [0.2, 0.25) is 0 Å². The van der Waals surface area contributed by atoms with Crippen molar-refractivity contribution >= 4 is 45.8 Å². The second-order valence-electron chi connectivity index (χ2n) is 3.80. The Labute approximate surface area is 130 Å². The number of amides is 1. The summed E-state index contributed by atoms with van der Waals surface area (Å²) in [4.78, 5) is 11.7. The zero-order valence-electron chi connectivity index (χ0n) is 9.90. The number of rotatable bonds is 4. The number of carbonyl (C=O) groups is 1. The predicted molar refractivity (Wildman–Crippen MR) is 84.7 cm³/mol. The highest BCUT2D eigenvalue weighted by atomic mass is 127. The van der Waals surface area contributed by atoms with Crippen molar-refractivity contribution in [2.24, 2.45) is 0 Å². The summed E-state index contributed by atoms with van der Waals surface area (Å²) >= 11 is 8.04. The number of nitrogens with one attached hydrogen (secondary N) is 1. The molecule has 5 heteroatoms. The lowest BCUT2D eigenvalue weighted by atomic mass is 10.3. The summed E-state index contributed by atoms with van der Waals surface area (Å²) in [5.74, 6) is 0.447. The molecule has 3 nitrogen and oxygen atoms in total. The minimum absolute atomic E-state index is 0.0346. The van der Waals surface area contributed by atoms with Gasteiger partial charge in [-0.25, -0.2) is 0 Å².